The Labute approximate surface area is 146 Å². The molecule has 0 saturated carbocycles. The summed E-state index contributed by atoms with van der Waals surface area (Å²) in [5.41, 5.74) is -3.79. The maximum absolute atomic E-state index is 13.6. The lowest BCUT2D eigenvalue weighted by atomic mass is 9.79. The van der Waals surface area contributed by atoms with Crippen molar-refractivity contribution in [3.05, 3.63) is 59.5 Å². The van der Waals surface area contributed by atoms with E-state index in [1.165, 1.54) is 41.7 Å². The van der Waals surface area contributed by atoms with Crippen molar-refractivity contribution >= 4 is 11.8 Å². The zero-order valence-electron chi connectivity index (χ0n) is 13.5. The fraction of sp³-hybridized carbons (Fsp3) is 0.294. The molecule has 138 valence electrons. The van der Waals surface area contributed by atoms with Gasteiger partial charge in [0.15, 0.2) is 5.78 Å². The third kappa shape index (κ3) is 2.94. The molecule has 3 rings (SSSR count). The van der Waals surface area contributed by atoms with Crippen LogP contribution in [0.3, 0.4) is 0 Å². The minimum absolute atomic E-state index is 0.0357. The summed E-state index contributed by atoms with van der Waals surface area (Å²) < 4.78 is 46.3. The van der Waals surface area contributed by atoms with E-state index >= 15 is 0 Å². The summed E-state index contributed by atoms with van der Waals surface area (Å²) in [6.45, 7) is 1.57. The quantitative estimate of drug-likeness (QED) is 0.727. The molecule has 0 bridgehead atoms. The van der Waals surface area contributed by atoms with Gasteiger partial charge in [-0.15, -0.1) is 0 Å². The third-order valence-electron chi connectivity index (χ3n) is 4.21. The molecule has 1 aromatic heterocycles. The van der Waals surface area contributed by atoms with Gasteiger partial charge in [-0.3, -0.25) is 4.79 Å². The molecule has 0 unspecified atom stereocenters. The molecule has 6 nitrogen and oxygen atoms in total. The van der Waals surface area contributed by atoms with Gasteiger partial charge in [-0.25, -0.2) is 4.79 Å². The number of carbonyl (C=O) groups is 2. The Balaban J connectivity index is 2.15. The van der Waals surface area contributed by atoms with Crippen LogP contribution in [-0.4, -0.2) is 28.8 Å². The Morgan fingerprint density at radius 1 is 1.19 bits per heavy atom. The van der Waals surface area contributed by atoms with Crippen molar-refractivity contribution in [3.63, 3.8) is 0 Å². The Bertz CT molecular complexity index is 834. The summed E-state index contributed by atoms with van der Waals surface area (Å²) in [7, 11) is 0. The molecule has 0 aliphatic carbocycles. The van der Waals surface area contributed by atoms with Crippen molar-refractivity contribution in [2.75, 3.05) is 0 Å². The van der Waals surface area contributed by atoms with Crippen LogP contribution in [0, 0.1) is 12.8 Å². The highest BCUT2D eigenvalue weighted by atomic mass is 19.4. The maximum atomic E-state index is 13.6. The minimum atomic E-state index is -5.29. The molecule has 9 heteroatoms. The zero-order valence-corrected chi connectivity index (χ0v) is 13.5. The molecule has 2 aromatic rings. The van der Waals surface area contributed by atoms with Crippen molar-refractivity contribution < 1.29 is 32.3 Å². The van der Waals surface area contributed by atoms with Gasteiger partial charge in [-0.1, -0.05) is 30.3 Å². The number of hydrogen-bond donors (Lipinski definition) is 3. The molecular formula is C17H15F3N2O4. The number of benzene rings is 1. The first-order valence-electron chi connectivity index (χ1n) is 7.67. The first-order chi connectivity index (χ1) is 12.1. The first-order valence-corrected chi connectivity index (χ1v) is 7.67. The maximum Gasteiger partial charge on any atom is 0.437 e. The van der Waals surface area contributed by atoms with Crippen LogP contribution in [0.1, 0.15) is 27.9 Å². The summed E-state index contributed by atoms with van der Waals surface area (Å²) in [6.07, 6.45) is -5.29. The van der Waals surface area contributed by atoms with Gasteiger partial charge in [0.2, 0.25) is 5.72 Å². The van der Waals surface area contributed by atoms with Crippen LogP contribution >= 0.6 is 0 Å². The fourth-order valence-corrected chi connectivity index (χ4v) is 2.98. The highest BCUT2D eigenvalue weighted by molar-refractivity contribution is 6.00. The number of rotatable bonds is 3. The zero-order chi connectivity index (χ0) is 19.1. The van der Waals surface area contributed by atoms with E-state index < -0.39 is 35.7 Å². The summed E-state index contributed by atoms with van der Waals surface area (Å²) in [5, 5.41) is 14.1. The van der Waals surface area contributed by atoms with Crippen LogP contribution in [0.2, 0.25) is 0 Å². The van der Waals surface area contributed by atoms with E-state index in [0.717, 1.165) is 0 Å². The number of Topliss-reactive ketones (excluding diaryl/α,β-unsaturated/α-hetero) is 1. The highest BCUT2D eigenvalue weighted by Crippen LogP contribution is 2.44. The standard InChI is InChI=1S/C17H15F3N2O4/c1-9-7-8-11(26-9)13-12(14(23)10-5-3-2-4-6-10)16(25,17(18,19)20)22-15(24)21-13/h2-8,12-13,25H,1H3,(H2,21,22,24)/t12-,13-,16+/m0/s1. The van der Waals surface area contributed by atoms with E-state index in [-0.39, 0.29) is 11.3 Å². The molecule has 2 heterocycles. The Kier molecular flexibility index (Phi) is 4.27. The van der Waals surface area contributed by atoms with Gasteiger partial charge in [0.05, 0.1) is 0 Å². The van der Waals surface area contributed by atoms with Crippen molar-refractivity contribution in [3.8, 4) is 0 Å². The molecule has 3 N–H and O–H groups in total. The summed E-state index contributed by atoms with van der Waals surface area (Å²) in [4.78, 5) is 24.7. The van der Waals surface area contributed by atoms with E-state index in [4.69, 9.17) is 4.42 Å². The summed E-state index contributed by atoms with van der Waals surface area (Å²) in [6, 6.07) is 7.31. The second-order valence-corrected chi connectivity index (χ2v) is 6.00. The number of carbonyl (C=O) groups excluding carboxylic acids is 2. The van der Waals surface area contributed by atoms with E-state index in [2.05, 4.69) is 5.32 Å². The molecule has 26 heavy (non-hydrogen) atoms. The van der Waals surface area contributed by atoms with Gasteiger partial charge >= 0.3 is 12.2 Å². The van der Waals surface area contributed by atoms with Crippen LogP contribution < -0.4 is 10.6 Å². The average Bonchev–Trinajstić information content (AvgIpc) is 3.00. The first kappa shape index (κ1) is 18.0. The van der Waals surface area contributed by atoms with Crippen molar-refractivity contribution in [2.24, 2.45) is 5.92 Å². The molecule has 1 aliphatic heterocycles. The Morgan fingerprint density at radius 2 is 1.85 bits per heavy atom. The lowest BCUT2D eigenvalue weighted by Gasteiger charge is -2.44. The van der Waals surface area contributed by atoms with E-state index in [0.29, 0.717) is 5.76 Å². The molecule has 1 saturated heterocycles. The lowest BCUT2D eigenvalue weighted by molar-refractivity contribution is -0.288. The number of aryl methyl sites for hydroxylation is 1. The number of urea groups is 1. The lowest BCUT2D eigenvalue weighted by Crippen LogP contribution is -2.72. The van der Waals surface area contributed by atoms with Gasteiger partial charge in [-0.05, 0) is 19.1 Å². The summed E-state index contributed by atoms with van der Waals surface area (Å²) >= 11 is 0. The molecule has 1 aromatic carbocycles. The number of ketones is 1. The molecule has 2 amide bonds. The molecular weight excluding hydrogens is 353 g/mol. The number of furan rings is 1. The van der Waals surface area contributed by atoms with E-state index in [1.54, 1.807) is 13.0 Å². The van der Waals surface area contributed by atoms with Crippen molar-refractivity contribution in [1.29, 1.82) is 0 Å². The predicted octanol–water partition coefficient (Wildman–Crippen LogP) is 2.69. The number of halogens is 3. The molecule has 1 fully saturated rings. The summed E-state index contributed by atoms with van der Waals surface area (Å²) in [5.74, 6) is -2.76. The second-order valence-electron chi connectivity index (χ2n) is 6.00. The minimum Gasteiger partial charge on any atom is -0.464 e. The van der Waals surface area contributed by atoms with Crippen LogP contribution in [0.4, 0.5) is 18.0 Å². The third-order valence-corrected chi connectivity index (χ3v) is 4.21. The van der Waals surface area contributed by atoms with Crippen molar-refractivity contribution in [1.82, 2.24) is 10.6 Å². The number of amides is 2. The molecule has 0 radical (unpaired) electrons. The van der Waals surface area contributed by atoms with Gasteiger partial charge in [0.25, 0.3) is 0 Å². The molecule has 0 spiro atoms. The predicted molar refractivity (Wildman–Crippen MR) is 83.1 cm³/mol. The van der Waals surface area contributed by atoms with Gasteiger partial charge < -0.3 is 20.2 Å². The normalized spacial score (nSPS) is 26.1. The number of alkyl halides is 3. The second kappa shape index (κ2) is 6.17. The van der Waals surface area contributed by atoms with Gasteiger partial charge in [0, 0.05) is 5.56 Å². The van der Waals surface area contributed by atoms with Crippen LogP contribution in [0.25, 0.3) is 0 Å². The number of aliphatic hydroxyl groups is 1. The van der Waals surface area contributed by atoms with Crippen LogP contribution in [-0.2, 0) is 0 Å². The van der Waals surface area contributed by atoms with Gasteiger partial charge in [0.1, 0.15) is 23.5 Å². The Morgan fingerprint density at radius 3 is 2.38 bits per heavy atom. The Hall–Kier alpha value is -2.81. The van der Waals surface area contributed by atoms with Crippen molar-refractivity contribution in [2.45, 2.75) is 24.9 Å². The highest BCUT2D eigenvalue weighted by Gasteiger charge is 2.66. The average molecular weight is 368 g/mol. The molecule has 3 atom stereocenters. The topological polar surface area (TPSA) is 91.6 Å². The van der Waals surface area contributed by atoms with E-state index in [9.17, 15) is 27.9 Å². The largest absolute Gasteiger partial charge is 0.464 e. The van der Waals surface area contributed by atoms with Gasteiger partial charge in [-0.2, -0.15) is 13.2 Å². The van der Waals surface area contributed by atoms with E-state index in [1.807, 2.05) is 0 Å². The molecule has 1 aliphatic rings. The van der Waals surface area contributed by atoms with Crippen LogP contribution in [0.15, 0.2) is 46.9 Å². The SMILES string of the molecule is Cc1ccc([C@@H]2NC(=O)N[C@](O)(C(F)(F)F)[C@@H]2C(=O)c2ccccc2)o1. The number of hydrogen-bond acceptors (Lipinski definition) is 4. The number of nitrogens with one attached hydrogen (secondary N) is 2. The monoisotopic (exact) mass is 368 g/mol. The smallest absolute Gasteiger partial charge is 0.437 e. The van der Waals surface area contributed by atoms with Crippen LogP contribution in [0.5, 0.6) is 0 Å². The fourth-order valence-electron chi connectivity index (χ4n) is 2.98.